The van der Waals surface area contributed by atoms with Crippen LogP contribution in [-0.2, 0) is 9.53 Å². The van der Waals surface area contributed by atoms with Gasteiger partial charge in [0.1, 0.15) is 11.1 Å². The van der Waals surface area contributed by atoms with E-state index in [2.05, 4.69) is 4.74 Å². The van der Waals surface area contributed by atoms with Crippen LogP contribution < -0.4 is 5.63 Å². The van der Waals surface area contributed by atoms with Crippen molar-refractivity contribution in [2.24, 2.45) is 5.92 Å². The highest BCUT2D eigenvalue weighted by molar-refractivity contribution is 5.96. The van der Waals surface area contributed by atoms with Gasteiger partial charge in [-0.3, -0.25) is 9.59 Å². The number of fused-ring (bicyclic) bond motifs is 1. The third kappa shape index (κ3) is 3.03. The van der Waals surface area contributed by atoms with Crippen molar-refractivity contribution < 1.29 is 23.8 Å². The number of carbonyl (C=O) groups is 2. The molecule has 0 radical (unpaired) electrons. The fourth-order valence-electron chi connectivity index (χ4n) is 2.90. The zero-order valence-corrected chi connectivity index (χ0v) is 13.1. The van der Waals surface area contributed by atoms with E-state index in [-0.39, 0.29) is 25.1 Å². The van der Waals surface area contributed by atoms with Crippen LogP contribution in [0.25, 0.3) is 11.0 Å². The summed E-state index contributed by atoms with van der Waals surface area (Å²) in [6.45, 7) is 0.244. The zero-order chi connectivity index (χ0) is 17.3. The monoisotopic (exact) mass is 331 g/mol. The Hall–Kier alpha value is -2.67. The maximum absolute atomic E-state index is 12.6. The van der Waals surface area contributed by atoms with Crippen molar-refractivity contribution >= 4 is 22.8 Å². The number of rotatable bonds is 3. The number of methoxy groups -OCH3 is 1. The number of aliphatic hydroxyl groups is 1. The largest absolute Gasteiger partial charge is 0.469 e. The van der Waals surface area contributed by atoms with Gasteiger partial charge in [-0.1, -0.05) is 18.2 Å². The van der Waals surface area contributed by atoms with Crippen LogP contribution in [0.15, 0.2) is 39.5 Å². The second-order valence-corrected chi connectivity index (χ2v) is 5.80. The highest BCUT2D eigenvalue weighted by Crippen LogP contribution is 2.23. The fourth-order valence-corrected chi connectivity index (χ4v) is 2.90. The van der Waals surface area contributed by atoms with E-state index in [0.717, 1.165) is 0 Å². The summed E-state index contributed by atoms with van der Waals surface area (Å²) in [6, 6.07) is 8.40. The molecule has 7 heteroatoms. The first kappa shape index (κ1) is 16.2. The number of ether oxygens (including phenoxy) is 1. The van der Waals surface area contributed by atoms with Gasteiger partial charge < -0.3 is 19.2 Å². The molecule has 7 nitrogen and oxygen atoms in total. The standard InChI is InChI=1S/C17H17NO6/c1-23-15(20)7-11-8-18(9-13(11)19)16(21)12-6-10-4-2-3-5-14(10)24-17(12)22/h2-6,11,13,19H,7-9H2,1H3/t11-,13-/m1/s1. The van der Waals surface area contributed by atoms with Crippen molar-refractivity contribution in [2.75, 3.05) is 20.2 Å². The average molecular weight is 331 g/mol. The molecule has 24 heavy (non-hydrogen) atoms. The van der Waals surface area contributed by atoms with Crippen LogP contribution in [0.5, 0.6) is 0 Å². The second kappa shape index (κ2) is 6.45. The third-order valence-corrected chi connectivity index (χ3v) is 4.22. The lowest BCUT2D eigenvalue weighted by atomic mass is 10.0. The molecule has 3 rings (SSSR count). The Labute approximate surface area is 137 Å². The number of aliphatic hydroxyl groups excluding tert-OH is 1. The van der Waals surface area contributed by atoms with Crippen molar-refractivity contribution in [1.82, 2.24) is 4.90 Å². The van der Waals surface area contributed by atoms with Gasteiger partial charge in [-0.2, -0.15) is 0 Å². The van der Waals surface area contributed by atoms with Crippen LogP contribution >= 0.6 is 0 Å². The summed E-state index contributed by atoms with van der Waals surface area (Å²) in [5.41, 5.74) is -0.395. The molecule has 0 saturated carbocycles. The zero-order valence-electron chi connectivity index (χ0n) is 13.1. The third-order valence-electron chi connectivity index (χ3n) is 4.22. The number of hydrogen-bond acceptors (Lipinski definition) is 6. The van der Waals surface area contributed by atoms with E-state index >= 15 is 0 Å². The number of hydrogen-bond donors (Lipinski definition) is 1. The molecule has 1 aliphatic heterocycles. The van der Waals surface area contributed by atoms with E-state index in [4.69, 9.17) is 4.42 Å². The molecule has 2 aromatic rings. The number of amides is 1. The van der Waals surface area contributed by atoms with E-state index in [1.807, 2.05) is 0 Å². The predicted molar refractivity (Wildman–Crippen MR) is 84.5 cm³/mol. The summed E-state index contributed by atoms with van der Waals surface area (Å²) in [6.07, 6.45) is -0.811. The SMILES string of the molecule is COC(=O)C[C@@H]1CN(C(=O)c2cc3ccccc3oc2=O)C[C@H]1O. The Balaban J connectivity index is 1.83. The Morgan fingerprint density at radius 3 is 2.83 bits per heavy atom. The maximum Gasteiger partial charge on any atom is 0.349 e. The van der Waals surface area contributed by atoms with Crippen LogP contribution in [0, 0.1) is 5.92 Å². The van der Waals surface area contributed by atoms with E-state index < -0.39 is 29.5 Å². The Morgan fingerprint density at radius 2 is 2.08 bits per heavy atom. The lowest BCUT2D eigenvalue weighted by Crippen LogP contribution is -2.33. The number of carbonyl (C=O) groups excluding carboxylic acids is 2. The van der Waals surface area contributed by atoms with Crippen molar-refractivity contribution in [3.63, 3.8) is 0 Å². The van der Waals surface area contributed by atoms with E-state index in [1.54, 1.807) is 24.3 Å². The molecule has 1 N–H and O–H groups in total. The molecule has 1 saturated heterocycles. The number of nitrogens with zero attached hydrogens (tertiary/aromatic N) is 1. The second-order valence-electron chi connectivity index (χ2n) is 5.80. The Morgan fingerprint density at radius 1 is 1.33 bits per heavy atom. The van der Waals surface area contributed by atoms with Gasteiger partial charge >= 0.3 is 11.6 Å². The fraction of sp³-hybridized carbons (Fsp3) is 0.353. The highest BCUT2D eigenvalue weighted by Gasteiger charge is 2.36. The van der Waals surface area contributed by atoms with Gasteiger partial charge in [-0.05, 0) is 12.1 Å². The number of β-amino-alcohol motifs (C(OH)–C–C–N with tert-alkyl or cyclic N) is 1. The Kier molecular flexibility index (Phi) is 4.35. The maximum atomic E-state index is 12.6. The van der Waals surface area contributed by atoms with Gasteiger partial charge in [0.25, 0.3) is 5.91 Å². The van der Waals surface area contributed by atoms with Gasteiger partial charge in [-0.15, -0.1) is 0 Å². The molecule has 1 aliphatic rings. The molecule has 126 valence electrons. The number of benzene rings is 1. The molecule has 0 aliphatic carbocycles. The van der Waals surface area contributed by atoms with E-state index in [1.165, 1.54) is 18.1 Å². The topological polar surface area (TPSA) is 97.0 Å². The highest BCUT2D eigenvalue weighted by atomic mass is 16.5. The summed E-state index contributed by atoms with van der Waals surface area (Å²) in [4.78, 5) is 37.4. The number of likely N-dealkylation sites (tertiary alicyclic amines) is 1. The van der Waals surface area contributed by atoms with Gasteiger partial charge in [0.05, 0.1) is 19.6 Å². The molecule has 0 spiro atoms. The van der Waals surface area contributed by atoms with Gasteiger partial charge in [0.2, 0.25) is 0 Å². The summed E-state index contributed by atoms with van der Waals surface area (Å²) in [5, 5.41) is 10.7. The minimum absolute atomic E-state index is 0.0216. The molecule has 0 bridgehead atoms. The number of para-hydroxylation sites is 1. The van der Waals surface area contributed by atoms with Crippen LogP contribution in [0.4, 0.5) is 0 Å². The normalized spacial score (nSPS) is 20.3. The quantitative estimate of drug-likeness (QED) is 0.660. The van der Waals surface area contributed by atoms with Gasteiger partial charge in [0.15, 0.2) is 0 Å². The first-order valence-corrected chi connectivity index (χ1v) is 7.56. The summed E-state index contributed by atoms with van der Waals surface area (Å²) >= 11 is 0. The smallest absolute Gasteiger partial charge is 0.349 e. The van der Waals surface area contributed by atoms with Gasteiger partial charge in [-0.25, -0.2) is 4.79 Å². The molecule has 2 heterocycles. The minimum Gasteiger partial charge on any atom is -0.469 e. The molecule has 1 aromatic carbocycles. The molecular formula is C17H17NO6. The van der Waals surface area contributed by atoms with Crippen LogP contribution in [0.2, 0.25) is 0 Å². The van der Waals surface area contributed by atoms with Gasteiger partial charge in [0, 0.05) is 24.4 Å². The first-order valence-electron chi connectivity index (χ1n) is 7.56. The molecular weight excluding hydrogens is 314 g/mol. The average Bonchev–Trinajstić information content (AvgIpc) is 2.94. The van der Waals surface area contributed by atoms with Crippen LogP contribution in [0.3, 0.4) is 0 Å². The minimum atomic E-state index is -0.833. The summed E-state index contributed by atoms with van der Waals surface area (Å²) < 4.78 is 9.76. The molecule has 2 atom stereocenters. The molecule has 1 fully saturated rings. The lowest BCUT2D eigenvalue weighted by molar-refractivity contribution is -0.142. The lowest BCUT2D eigenvalue weighted by Gasteiger charge is -2.15. The van der Waals surface area contributed by atoms with Crippen molar-refractivity contribution in [3.8, 4) is 0 Å². The summed E-state index contributed by atoms with van der Waals surface area (Å²) in [7, 11) is 1.27. The van der Waals surface area contributed by atoms with Crippen LogP contribution in [0.1, 0.15) is 16.8 Å². The van der Waals surface area contributed by atoms with E-state index in [9.17, 15) is 19.5 Å². The number of esters is 1. The predicted octanol–water partition coefficient (Wildman–Crippen LogP) is 0.789. The van der Waals surface area contributed by atoms with Crippen molar-refractivity contribution in [1.29, 1.82) is 0 Å². The van der Waals surface area contributed by atoms with E-state index in [0.29, 0.717) is 11.0 Å². The molecule has 0 unspecified atom stereocenters. The molecule has 1 aromatic heterocycles. The molecule has 1 amide bonds. The van der Waals surface area contributed by atoms with Crippen molar-refractivity contribution in [2.45, 2.75) is 12.5 Å². The van der Waals surface area contributed by atoms with Crippen molar-refractivity contribution in [3.05, 3.63) is 46.3 Å². The Bertz CT molecular complexity index is 842. The first-order chi connectivity index (χ1) is 11.5. The van der Waals surface area contributed by atoms with Crippen LogP contribution in [-0.4, -0.2) is 48.2 Å². The summed E-state index contributed by atoms with van der Waals surface area (Å²) in [5.74, 6) is -1.37.